The normalized spacial score (nSPS) is 14.7. The van der Waals surface area contributed by atoms with Crippen molar-refractivity contribution in [3.05, 3.63) is 65.9 Å². The van der Waals surface area contributed by atoms with Crippen LogP contribution in [0.3, 0.4) is 0 Å². The molecule has 1 aliphatic rings. The number of benzene rings is 1. The minimum atomic E-state index is 0.133. The van der Waals surface area contributed by atoms with Gasteiger partial charge in [0.25, 0.3) is 0 Å². The van der Waals surface area contributed by atoms with Gasteiger partial charge >= 0.3 is 0 Å². The molecule has 0 saturated carbocycles. The molecule has 1 saturated heterocycles. The third kappa shape index (κ3) is 4.99. The first kappa shape index (κ1) is 19.1. The number of piperidine rings is 1. The van der Waals surface area contributed by atoms with Gasteiger partial charge in [-0.2, -0.15) is 4.98 Å². The van der Waals surface area contributed by atoms with Crippen molar-refractivity contribution in [2.45, 2.75) is 38.5 Å². The lowest BCUT2D eigenvalue weighted by Gasteiger charge is -2.31. The van der Waals surface area contributed by atoms with E-state index in [1.54, 1.807) is 6.92 Å². The molecule has 0 unspecified atom stereocenters. The Morgan fingerprint density at radius 2 is 1.90 bits per heavy atom. The van der Waals surface area contributed by atoms with E-state index >= 15 is 0 Å². The molecule has 1 aliphatic heterocycles. The summed E-state index contributed by atoms with van der Waals surface area (Å²) in [5, 5.41) is 3.76. The summed E-state index contributed by atoms with van der Waals surface area (Å²) in [5.74, 6) is 2.95. The molecule has 0 radical (unpaired) electrons. The molecule has 2 aromatic heterocycles. The lowest BCUT2D eigenvalue weighted by Crippen LogP contribution is -2.38. The molecule has 1 fully saturated rings. The fourth-order valence-electron chi connectivity index (χ4n) is 3.56. The number of ether oxygens (including phenoxy) is 1. The molecule has 7 heteroatoms. The minimum Gasteiger partial charge on any atom is -0.439 e. The SMILES string of the molecule is Cc1noc(CCC(=O)N2CCC(c3cccc(Oc4ccccc4)n3)CC2)n1. The van der Waals surface area contributed by atoms with Gasteiger partial charge in [-0.25, -0.2) is 4.98 Å². The van der Waals surface area contributed by atoms with Crippen LogP contribution in [0.15, 0.2) is 53.1 Å². The van der Waals surface area contributed by atoms with E-state index in [0.29, 0.717) is 36.4 Å². The largest absolute Gasteiger partial charge is 0.439 e. The molecule has 0 atom stereocenters. The quantitative estimate of drug-likeness (QED) is 0.633. The van der Waals surface area contributed by atoms with Gasteiger partial charge in [-0.1, -0.05) is 29.4 Å². The van der Waals surface area contributed by atoms with E-state index in [0.717, 1.165) is 37.4 Å². The van der Waals surface area contributed by atoms with E-state index in [9.17, 15) is 4.79 Å². The average Bonchev–Trinajstić information content (AvgIpc) is 3.18. The zero-order valence-corrected chi connectivity index (χ0v) is 16.5. The van der Waals surface area contributed by atoms with Crippen molar-refractivity contribution in [3.8, 4) is 11.6 Å². The summed E-state index contributed by atoms with van der Waals surface area (Å²) < 4.78 is 10.9. The van der Waals surface area contributed by atoms with Crippen LogP contribution < -0.4 is 4.74 Å². The van der Waals surface area contributed by atoms with Crippen LogP contribution in [-0.2, 0) is 11.2 Å². The van der Waals surface area contributed by atoms with Crippen molar-refractivity contribution in [2.75, 3.05) is 13.1 Å². The van der Waals surface area contributed by atoms with Gasteiger partial charge in [0.15, 0.2) is 5.82 Å². The number of likely N-dealkylation sites (tertiary alicyclic amines) is 1. The van der Waals surface area contributed by atoms with Crippen molar-refractivity contribution in [1.29, 1.82) is 0 Å². The predicted octanol–water partition coefficient (Wildman–Crippen LogP) is 3.90. The highest BCUT2D eigenvalue weighted by Crippen LogP contribution is 2.29. The number of para-hydroxylation sites is 1. The zero-order valence-electron chi connectivity index (χ0n) is 16.5. The third-order valence-corrected chi connectivity index (χ3v) is 5.10. The molecule has 3 aromatic rings. The fourth-order valence-corrected chi connectivity index (χ4v) is 3.56. The number of pyridine rings is 1. The standard InChI is InChI=1S/C22H24N4O3/c1-16-23-21(29-25-16)10-11-22(27)26-14-12-17(13-15-26)19-8-5-9-20(24-19)28-18-6-3-2-4-7-18/h2-9,17H,10-15H2,1H3. The molecule has 0 spiro atoms. The van der Waals surface area contributed by atoms with E-state index in [2.05, 4.69) is 15.1 Å². The number of hydrogen-bond acceptors (Lipinski definition) is 6. The number of aromatic nitrogens is 3. The Hall–Kier alpha value is -3.22. The van der Waals surface area contributed by atoms with Crippen molar-refractivity contribution in [1.82, 2.24) is 20.0 Å². The monoisotopic (exact) mass is 392 g/mol. The van der Waals surface area contributed by atoms with E-state index in [1.807, 2.05) is 53.4 Å². The number of rotatable bonds is 6. The van der Waals surface area contributed by atoms with Crippen LogP contribution >= 0.6 is 0 Å². The van der Waals surface area contributed by atoms with Gasteiger partial charge in [0.05, 0.1) is 0 Å². The first-order chi connectivity index (χ1) is 14.2. The summed E-state index contributed by atoms with van der Waals surface area (Å²) in [6, 6.07) is 15.5. The maximum atomic E-state index is 12.5. The van der Waals surface area contributed by atoms with Gasteiger partial charge in [-0.3, -0.25) is 4.79 Å². The lowest BCUT2D eigenvalue weighted by atomic mass is 9.93. The van der Waals surface area contributed by atoms with Crippen LogP contribution in [-0.4, -0.2) is 39.0 Å². The topological polar surface area (TPSA) is 81.4 Å². The number of nitrogens with zero attached hydrogens (tertiary/aromatic N) is 4. The molecule has 0 N–H and O–H groups in total. The maximum absolute atomic E-state index is 12.5. The molecule has 3 heterocycles. The summed E-state index contributed by atoms with van der Waals surface area (Å²) in [6.07, 6.45) is 2.67. The molecular formula is C22H24N4O3. The Morgan fingerprint density at radius 3 is 2.62 bits per heavy atom. The summed E-state index contributed by atoms with van der Waals surface area (Å²) >= 11 is 0. The molecule has 150 valence electrons. The van der Waals surface area contributed by atoms with Crippen LogP contribution in [0, 0.1) is 6.92 Å². The van der Waals surface area contributed by atoms with Gasteiger partial charge < -0.3 is 14.2 Å². The number of carbonyl (C=O) groups excluding carboxylic acids is 1. The second-order valence-electron chi connectivity index (χ2n) is 7.21. The average molecular weight is 392 g/mol. The Balaban J connectivity index is 1.30. The van der Waals surface area contributed by atoms with Crippen molar-refractivity contribution >= 4 is 5.91 Å². The molecule has 7 nitrogen and oxygen atoms in total. The fraction of sp³-hybridized carbons (Fsp3) is 0.364. The summed E-state index contributed by atoms with van der Waals surface area (Å²) in [6.45, 7) is 3.24. The Labute approximate surface area is 169 Å². The van der Waals surface area contributed by atoms with Gasteiger partial charge in [0.1, 0.15) is 5.75 Å². The lowest BCUT2D eigenvalue weighted by molar-refractivity contribution is -0.132. The number of amides is 1. The van der Waals surface area contributed by atoms with Crippen molar-refractivity contribution in [2.24, 2.45) is 0 Å². The van der Waals surface area contributed by atoms with E-state index in [4.69, 9.17) is 9.26 Å². The second-order valence-corrected chi connectivity index (χ2v) is 7.21. The Bertz CT molecular complexity index is 949. The predicted molar refractivity (Wildman–Crippen MR) is 107 cm³/mol. The minimum absolute atomic E-state index is 0.133. The van der Waals surface area contributed by atoms with Crippen LogP contribution in [0.25, 0.3) is 0 Å². The van der Waals surface area contributed by atoms with Crippen LogP contribution in [0.2, 0.25) is 0 Å². The molecule has 0 aliphatic carbocycles. The first-order valence-corrected chi connectivity index (χ1v) is 9.94. The van der Waals surface area contributed by atoms with Crippen molar-refractivity contribution < 1.29 is 14.1 Å². The van der Waals surface area contributed by atoms with E-state index in [-0.39, 0.29) is 5.91 Å². The molecule has 4 rings (SSSR count). The van der Waals surface area contributed by atoms with Gasteiger partial charge in [0.2, 0.25) is 17.7 Å². The third-order valence-electron chi connectivity index (χ3n) is 5.10. The molecule has 1 amide bonds. The molecular weight excluding hydrogens is 368 g/mol. The highest BCUT2D eigenvalue weighted by molar-refractivity contribution is 5.76. The van der Waals surface area contributed by atoms with E-state index in [1.165, 1.54) is 0 Å². The molecule has 0 bridgehead atoms. The van der Waals surface area contributed by atoms with Gasteiger partial charge in [0, 0.05) is 43.6 Å². The summed E-state index contributed by atoms with van der Waals surface area (Å²) in [5.41, 5.74) is 1.02. The summed E-state index contributed by atoms with van der Waals surface area (Å²) in [7, 11) is 0. The first-order valence-electron chi connectivity index (χ1n) is 9.94. The Morgan fingerprint density at radius 1 is 1.10 bits per heavy atom. The number of hydrogen-bond donors (Lipinski definition) is 0. The van der Waals surface area contributed by atoms with Crippen molar-refractivity contribution in [3.63, 3.8) is 0 Å². The van der Waals surface area contributed by atoms with Crippen LogP contribution in [0.1, 0.15) is 42.6 Å². The number of carbonyl (C=O) groups is 1. The zero-order chi connectivity index (χ0) is 20.1. The highest BCUT2D eigenvalue weighted by atomic mass is 16.5. The van der Waals surface area contributed by atoms with Crippen LogP contribution in [0.5, 0.6) is 11.6 Å². The maximum Gasteiger partial charge on any atom is 0.227 e. The highest BCUT2D eigenvalue weighted by Gasteiger charge is 2.25. The van der Waals surface area contributed by atoms with Crippen LogP contribution in [0.4, 0.5) is 0 Å². The molecule has 1 aromatic carbocycles. The van der Waals surface area contributed by atoms with Gasteiger partial charge in [-0.05, 0) is 38.0 Å². The smallest absolute Gasteiger partial charge is 0.227 e. The Kier molecular flexibility index (Phi) is 5.84. The van der Waals surface area contributed by atoms with E-state index < -0.39 is 0 Å². The molecule has 29 heavy (non-hydrogen) atoms. The summed E-state index contributed by atoms with van der Waals surface area (Å²) in [4.78, 5) is 23.2. The number of aryl methyl sites for hydroxylation is 2. The second kappa shape index (κ2) is 8.86. The van der Waals surface area contributed by atoms with Gasteiger partial charge in [-0.15, -0.1) is 0 Å².